The second-order valence-corrected chi connectivity index (χ2v) is 11.3. The minimum Gasteiger partial charge on any atom is -0.341 e. The second-order valence-electron chi connectivity index (χ2n) is 10.4. The quantitative estimate of drug-likeness (QED) is 0.484. The van der Waals surface area contributed by atoms with Gasteiger partial charge < -0.3 is 14.7 Å². The average molecular weight is 604 g/mol. The SMILES string of the molecule is O=C(CN1C(=O)C2(CCN(C(=O)c3ccc4[nH]ncc4c3)CC2)c2c(Br)cccc21)N1CCC(C(F)(F)F)C1. The highest BCUT2D eigenvalue weighted by atomic mass is 79.9. The minimum atomic E-state index is -4.35. The summed E-state index contributed by atoms with van der Waals surface area (Å²) in [6, 6.07) is 10.7. The average Bonchev–Trinajstić information content (AvgIpc) is 3.64. The fourth-order valence-electron chi connectivity index (χ4n) is 6.15. The Morgan fingerprint density at radius 2 is 1.87 bits per heavy atom. The highest BCUT2D eigenvalue weighted by Crippen LogP contribution is 2.51. The summed E-state index contributed by atoms with van der Waals surface area (Å²) in [6.07, 6.45) is -2.09. The van der Waals surface area contributed by atoms with E-state index in [1.165, 1.54) is 9.80 Å². The van der Waals surface area contributed by atoms with Gasteiger partial charge in [-0.25, -0.2) is 0 Å². The number of hydrogen-bond donors (Lipinski definition) is 1. The third kappa shape index (κ3) is 4.29. The summed E-state index contributed by atoms with van der Waals surface area (Å²) in [5, 5.41) is 7.69. The van der Waals surface area contributed by atoms with Gasteiger partial charge in [0.05, 0.1) is 23.0 Å². The van der Waals surface area contributed by atoms with E-state index in [-0.39, 0.29) is 37.9 Å². The smallest absolute Gasteiger partial charge is 0.341 e. The fraction of sp³-hybridized carbons (Fsp3) is 0.407. The van der Waals surface area contributed by atoms with Gasteiger partial charge in [0.2, 0.25) is 11.8 Å². The highest BCUT2D eigenvalue weighted by molar-refractivity contribution is 9.10. The van der Waals surface area contributed by atoms with Gasteiger partial charge >= 0.3 is 6.18 Å². The first-order chi connectivity index (χ1) is 18.6. The van der Waals surface area contributed by atoms with Crippen LogP contribution >= 0.6 is 15.9 Å². The molecule has 2 fully saturated rings. The Morgan fingerprint density at radius 3 is 2.59 bits per heavy atom. The molecule has 2 saturated heterocycles. The maximum atomic E-state index is 14.0. The molecule has 0 aliphatic carbocycles. The standard InChI is InChI=1S/C27H25BrF3N5O3/c28-19-2-1-3-21-23(19)26(25(39)36(21)15-22(37)35-9-6-18(14-35)27(29,30)31)7-10-34(11-8-26)24(38)16-4-5-20-17(12-16)13-32-33-20/h1-5,12-13,18H,6-11,14-15H2,(H,32,33). The molecule has 2 aromatic carbocycles. The van der Waals surface area contributed by atoms with Gasteiger partial charge in [-0.15, -0.1) is 0 Å². The number of piperidine rings is 1. The molecule has 8 nitrogen and oxygen atoms in total. The van der Waals surface area contributed by atoms with Crippen LogP contribution in [0.4, 0.5) is 18.9 Å². The molecule has 1 atom stereocenters. The molecule has 3 aliphatic heterocycles. The molecule has 3 aliphatic rings. The van der Waals surface area contributed by atoms with Gasteiger partial charge in [-0.3, -0.25) is 19.5 Å². The number of aromatic nitrogens is 2. The van der Waals surface area contributed by atoms with Crippen LogP contribution in [-0.4, -0.2) is 76.6 Å². The van der Waals surface area contributed by atoms with Gasteiger partial charge in [0.15, 0.2) is 0 Å². The molecule has 0 radical (unpaired) electrons. The number of anilines is 1. The van der Waals surface area contributed by atoms with E-state index in [4.69, 9.17) is 0 Å². The number of carbonyl (C=O) groups is 3. The first-order valence-corrected chi connectivity index (χ1v) is 13.6. The Hall–Kier alpha value is -3.41. The number of likely N-dealkylation sites (tertiary alicyclic amines) is 2. The van der Waals surface area contributed by atoms with Crippen LogP contribution in [0.25, 0.3) is 10.9 Å². The van der Waals surface area contributed by atoms with E-state index >= 15 is 0 Å². The van der Waals surface area contributed by atoms with E-state index < -0.39 is 23.4 Å². The van der Waals surface area contributed by atoms with Crippen molar-refractivity contribution in [3.05, 3.63) is 58.2 Å². The lowest BCUT2D eigenvalue weighted by Gasteiger charge is -2.39. The number of nitrogens with one attached hydrogen (secondary N) is 1. The molecule has 12 heteroatoms. The first-order valence-electron chi connectivity index (χ1n) is 12.8. The number of carbonyl (C=O) groups excluding carboxylic acids is 3. The monoisotopic (exact) mass is 603 g/mol. The van der Waals surface area contributed by atoms with E-state index in [9.17, 15) is 27.6 Å². The first kappa shape index (κ1) is 25.8. The van der Waals surface area contributed by atoms with Crippen molar-refractivity contribution in [1.29, 1.82) is 0 Å². The second kappa shape index (κ2) is 9.35. The van der Waals surface area contributed by atoms with Crippen molar-refractivity contribution in [2.75, 3.05) is 37.6 Å². The van der Waals surface area contributed by atoms with Crippen LogP contribution in [0.15, 0.2) is 47.1 Å². The van der Waals surface area contributed by atoms with Crippen molar-refractivity contribution in [2.24, 2.45) is 5.92 Å². The third-order valence-electron chi connectivity index (χ3n) is 8.30. The maximum absolute atomic E-state index is 14.0. The number of alkyl halides is 3. The Balaban J connectivity index is 1.21. The molecule has 4 heterocycles. The van der Waals surface area contributed by atoms with Gasteiger partial charge in [0.25, 0.3) is 5.91 Å². The van der Waals surface area contributed by atoms with Crippen molar-refractivity contribution in [2.45, 2.75) is 30.9 Å². The molecule has 39 heavy (non-hydrogen) atoms. The van der Waals surface area contributed by atoms with Crippen molar-refractivity contribution >= 4 is 50.2 Å². The number of nitrogens with zero attached hydrogens (tertiary/aromatic N) is 4. The van der Waals surface area contributed by atoms with Crippen molar-refractivity contribution < 1.29 is 27.6 Å². The van der Waals surface area contributed by atoms with E-state index in [0.717, 1.165) is 20.9 Å². The number of benzene rings is 2. The van der Waals surface area contributed by atoms with Gasteiger partial charge in [-0.1, -0.05) is 22.0 Å². The van der Waals surface area contributed by atoms with E-state index in [2.05, 4.69) is 26.1 Å². The van der Waals surface area contributed by atoms with Crippen molar-refractivity contribution in [3.8, 4) is 0 Å². The number of fused-ring (bicyclic) bond motifs is 3. The van der Waals surface area contributed by atoms with Crippen LogP contribution < -0.4 is 4.90 Å². The Bertz CT molecular complexity index is 1480. The fourth-order valence-corrected chi connectivity index (χ4v) is 6.88. The molecule has 3 amide bonds. The van der Waals surface area contributed by atoms with Crippen LogP contribution in [-0.2, 0) is 15.0 Å². The van der Waals surface area contributed by atoms with E-state index in [1.54, 1.807) is 41.4 Å². The molecule has 0 bridgehead atoms. The van der Waals surface area contributed by atoms with E-state index in [1.807, 2.05) is 6.07 Å². The molecule has 1 spiro atoms. The summed E-state index contributed by atoms with van der Waals surface area (Å²) in [6.45, 7) is -0.000397. The van der Waals surface area contributed by atoms with Crippen LogP contribution in [0.2, 0.25) is 0 Å². The normalized spacial score (nSPS) is 20.8. The van der Waals surface area contributed by atoms with Gasteiger partial charge in [-0.05, 0) is 49.6 Å². The zero-order valence-electron chi connectivity index (χ0n) is 20.8. The third-order valence-corrected chi connectivity index (χ3v) is 8.96. The molecule has 204 valence electrons. The largest absolute Gasteiger partial charge is 0.393 e. The molecule has 6 rings (SSSR count). The van der Waals surface area contributed by atoms with Crippen LogP contribution in [0.3, 0.4) is 0 Å². The molecule has 1 aromatic heterocycles. The summed E-state index contributed by atoms with van der Waals surface area (Å²) in [5.41, 5.74) is 1.79. The Kier molecular flexibility index (Phi) is 6.20. The van der Waals surface area contributed by atoms with Crippen LogP contribution in [0.1, 0.15) is 35.2 Å². The summed E-state index contributed by atoms with van der Waals surface area (Å²) in [5.74, 6) is -2.43. The minimum absolute atomic E-state index is 0.0171. The summed E-state index contributed by atoms with van der Waals surface area (Å²) in [4.78, 5) is 44.6. The van der Waals surface area contributed by atoms with E-state index in [0.29, 0.717) is 37.2 Å². The number of aromatic amines is 1. The highest BCUT2D eigenvalue weighted by Gasteiger charge is 2.54. The van der Waals surface area contributed by atoms with Gasteiger partial charge in [-0.2, -0.15) is 18.3 Å². The van der Waals surface area contributed by atoms with Gasteiger partial charge in [0.1, 0.15) is 6.54 Å². The molecule has 3 aromatic rings. The molecule has 1 N–H and O–H groups in total. The van der Waals surface area contributed by atoms with Gasteiger partial charge in [0, 0.05) is 52.9 Å². The predicted octanol–water partition coefficient (Wildman–Crippen LogP) is 4.26. The lowest BCUT2D eigenvalue weighted by atomic mass is 9.73. The molecular formula is C27H25BrF3N5O3. The van der Waals surface area contributed by atoms with Crippen LogP contribution in [0.5, 0.6) is 0 Å². The number of H-pyrrole nitrogens is 1. The zero-order valence-corrected chi connectivity index (χ0v) is 22.4. The maximum Gasteiger partial charge on any atom is 0.393 e. The topological polar surface area (TPSA) is 89.6 Å². The Labute approximate surface area is 230 Å². The van der Waals surface area contributed by atoms with Crippen LogP contribution in [0, 0.1) is 5.92 Å². The van der Waals surface area contributed by atoms with Crippen molar-refractivity contribution in [1.82, 2.24) is 20.0 Å². The molecule has 0 saturated carbocycles. The predicted molar refractivity (Wildman–Crippen MR) is 140 cm³/mol. The Morgan fingerprint density at radius 1 is 1.10 bits per heavy atom. The summed E-state index contributed by atoms with van der Waals surface area (Å²) in [7, 11) is 0. The summed E-state index contributed by atoms with van der Waals surface area (Å²) < 4.78 is 40.2. The number of halogens is 4. The lowest BCUT2D eigenvalue weighted by molar-refractivity contribution is -0.171. The molecular weight excluding hydrogens is 579 g/mol. The molecule has 1 unspecified atom stereocenters. The summed E-state index contributed by atoms with van der Waals surface area (Å²) >= 11 is 3.59. The van der Waals surface area contributed by atoms with Crippen molar-refractivity contribution in [3.63, 3.8) is 0 Å². The number of hydrogen-bond acceptors (Lipinski definition) is 4. The zero-order chi connectivity index (χ0) is 27.5. The number of amides is 3. The number of rotatable bonds is 3. The lowest BCUT2D eigenvalue weighted by Crippen LogP contribution is -2.51.